The van der Waals surface area contributed by atoms with Crippen molar-refractivity contribution in [3.05, 3.63) is 52.1 Å². The van der Waals surface area contributed by atoms with Gasteiger partial charge in [0.15, 0.2) is 0 Å². The van der Waals surface area contributed by atoms with E-state index in [1.165, 1.54) is 6.07 Å². The van der Waals surface area contributed by atoms with E-state index in [-0.39, 0.29) is 11.7 Å². The van der Waals surface area contributed by atoms with E-state index < -0.39 is 0 Å². The van der Waals surface area contributed by atoms with Crippen LogP contribution in [0.2, 0.25) is 0 Å². The molecule has 0 unspecified atom stereocenters. The van der Waals surface area contributed by atoms with Gasteiger partial charge in [0.25, 0.3) is 0 Å². The van der Waals surface area contributed by atoms with Crippen LogP contribution in [0.25, 0.3) is 0 Å². The maximum absolute atomic E-state index is 13.3. The van der Waals surface area contributed by atoms with Crippen molar-refractivity contribution in [1.29, 1.82) is 0 Å². The molecule has 1 aromatic carbocycles. The summed E-state index contributed by atoms with van der Waals surface area (Å²) in [5.41, 5.74) is 4.81. The summed E-state index contributed by atoms with van der Waals surface area (Å²) in [7, 11) is 0. The van der Waals surface area contributed by atoms with E-state index in [2.05, 4.69) is 31.2 Å². The molecule has 1 amide bonds. The smallest absolute Gasteiger partial charge is 0.220 e. The van der Waals surface area contributed by atoms with E-state index >= 15 is 0 Å². The van der Waals surface area contributed by atoms with Gasteiger partial charge >= 0.3 is 0 Å². The molecular formula is C20H28FN3O. The summed E-state index contributed by atoms with van der Waals surface area (Å²) < 4.78 is 15.3. The lowest BCUT2D eigenvalue weighted by Crippen LogP contribution is -2.23. The molecule has 0 spiro atoms. The largest absolute Gasteiger partial charge is 0.352 e. The number of hydrogen-bond donors (Lipinski definition) is 1. The predicted molar refractivity (Wildman–Crippen MR) is 97.8 cm³/mol. The molecule has 0 aliphatic heterocycles. The SMILES string of the molecule is Cc1cc(CNC(=O)CCc2c(C)nn(CC(C)C)c2C)ccc1F. The Morgan fingerprint density at radius 3 is 2.64 bits per heavy atom. The van der Waals surface area contributed by atoms with Gasteiger partial charge < -0.3 is 5.32 Å². The molecule has 4 nitrogen and oxygen atoms in total. The summed E-state index contributed by atoms with van der Waals surface area (Å²) in [6.45, 7) is 11.4. The molecule has 0 atom stereocenters. The molecule has 0 radical (unpaired) electrons. The van der Waals surface area contributed by atoms with Crippen LogP contribution in [-0.4, -0.2) is 15.7 Å². The highest BCUT2D eigenvalue weighted by atomic mass is 19.1. The molecule has 0 aliphatic rings. The van der Waals surface area contributed by atoms with E-state index in [0.717, 1.165) is 29.1 Å². The minimum Gasteiger partial charge on any atom is -0.352 e. The number of carbonyl (C=O) groups excluding carboxylic acids is 1. The van der Waals surface area contributed by atoms with Crippen LogP contribution >= 0.6 is 0 Å². The molecule has 5 heteroatoms. The van der Waals surface area contributed by atoms with E-state index in [4.69, 9.17) is 0 Å². The van der Waals surface area contributed by atoms with Gasteiger partial charge in [-0.05, 0) is 55.9 Å². The van der Waals surface area contributed by atoms with Crippen LogP contribution in [0.4, 0.5) is 4.39 Å². The van der Waals surface area contributed by atoms with Crippen molar-refractivity contribution in [2.45, 2.75) is 60.5 Å². The Morgan fingerprint density at radius 1 is 1.28 bits per heavy atom. The van der Waals surface area contributed by atoms with Crippen LogP contribution in [0.5, 0.6) is 0 Å². The highest BCUT2D eigenvalue weighted by Crippen LogP contribution is 2.16. The predicted octanol–water partition coefficient (Wildman–Crippen LogP) is 3.85. The number of benzene rings is 1. The number of carbonyl (C=O) groups is 1. The van der Waals surface area contributed by atoms with Crippen LogP contribution < -0.4 is 5.32 Å². The number of nitrogens with one attached hydrogen (secondary N) is 1. The second-order valence-electron chi connectivity index (χ2n) is 7.09. The third kappa shape index (κ3) is 5.15. The number of aromatic nitrogens is 2. The number of aryl methyl sites for hydroxylation is 2. The minimum absolute atomic E-state index is 0.00242. The molecule has 0 aliphatic carbocycles. The molecule has 0 fully saturated rings. The van der Waals surface area contributed by atoms with Crippen LogP contribution in [0, 0.1) is 32.5 Å². The number of hydrogen-bond acceptors (Lipinski definition) is 2. The quantitative estimate of drug-likeness (QED) is 0.828. The highest BCUT2D eigenvalue weighted by Gasteiger charge is 2.13. The van der Waals surface area contributed by atoms with Crippen LogP contribution in [0.3, 0.4) is 0 Å². The van der Waals surface area contributed by atoms with Gasteiger partial charge in [0.05, 0.1) is 5.69 Å². The van der Waals surface area contributed by atoms with Gasteiger partial charge in [-0.25, -0.2) is 4.39 Å². The van der Waals surface area contributed by atoms with Crippen molar-refractivity contribution < 1.29 is 9.18 Å². The summed E-state index contributed by atoms with van der Waals surface area (Å²) in [4.78, 5) is 12.1. The van der Waals surface area contributed by atoms with Crippen LogP contribution in [-0.2, 0) is 24.3 Å². The molecule has 2 aromatic rings. The third-order valence-electron chi connectivity index (χ3n) is 4.38. The van der Waals surface area contributed by atoms with E-state index in [1.54, 1.807) is 19.1 Å². The monoisotopic (exact) mass is 345 g/mol. The third-order valence-corrected chi connectivity index (χ3v) is 4.38. The summed E-state index contributed by atoms with van der Waals surface area (Å²) >= 11 is 0. The zero-order valence-electron chi connectivity index (χ0n) is 15.8. The second-order valence-corrected chi connectivity index (χ2v) is 7.09. The maximum atomic E-state index is 13.3. The minimum atomic E-state index is -0.223. The number of halogens is 1. The summed E-state index contributed by atoms with van der Waals surface area (Å²) in [5, 5.41) is 7.49. The first kappa shape index (κ1) is 19.2. The molecule has 2 rings (SSSR count). The van der Waals surface area contributed by atoms with Crippen molar-refractivity contribution >= 4 is 5.91 Å². The first-order valence-corrected chi connectivity index (χ1v) is 8.82. The summed E-state index contributed by atoms with van der Waals surface area (Å²) in [5.74, 6) is 0.310. The molecule has 136 valence electrons. The van der Waals surface area contributed by atoms with E-state index in [1.807, 2.05) is 11.6 Å². The first-order chi connectivity index (χ1) is 11.8. The molecular weight excluding hydrogens is 317 g/mol. The molecule has 1 aromatic heterocycles. The number of amides is 1. The van der Waals surface area contributed by atoms with Gasteiger partial charge in [0.1, 0.15) is 5.82 Å². The van der Waals surface area contributed by atoms with Gasteiger partial charge in [-0.15, -0.1) is 0 Å². The van der Waals surface area contributed by atoms with Gasteiger partial charge in [-0.1, -0.05) is 26.0 Å². The Balaban J connectivity index is 1.89. The van der Waals surface area contributed by atoms with Crippen molar-refractivity contribution in [2.24, 2.45) is 5.92 Å². The Labute approximate surface area is 149 Å². The standard InChI is InChI=1S/C20H28FN3O/c1-13(2)12-24-16(5)18(15(4)23-24)7-9-20(25)22-11-17-6-8-19(21)14(3)10-17/h6,8,10,13H,7,9,11-12H2,1-5H3,(H,22,25). The molecule has 1 heterocycles. The fraction of sp³-hybridized carbons (Fsp3) is 0.500. The van der Waals surface area contributed by atoms with Crippen LogP contribution in [0.15, 0.2) is 18.2 Å². The van der Waals surface area contributed by atoms with Crippen molar-refractivity contribution in [3.8, 4) is 0 Å². The van der Waals surface area contributed by atoms with Crippen LogP contribution in [0.1, 0.15) is 48.3 Å². The fourth-order valence-corrected chi connectivity index (χ4v) is 2.96. The van der Waals surface area contributed by atoms with Gasteiger partial charge in [-0.2, -0.15) is 5.10 Å². The Bertz CT molecular complexity index is 750. The molecule has 25 heavy (non-hydrogen) atoms. The first-order valence-electron chi connectivity index (χ1n) is 8.82. The lowest BCUT2D eigenvalue weighted by molar-refractivity contribution is -0.121. The Kier molecular flexibility index (Phi) is 6.34. The lowest BCUT2D eigenvalue weighted by Gasteiger charge is -2.09. The highest BCUT2D eigenvalue weighted by molar-refractivity contribution is 5.76. The topological polar surface area (TPSA) is 46.9 Å². The normalized spacial score (nSPS) is 11.2. The molecule has 1 N–H and O–H groups in total. The van der Waals surface area contributed by atoms with Gasteiger partial charge in [0, 0.05) is 25.2 Å². The van der Waals surface area contributed by atoms with Gasteiger partial charge in [0.2, 0.25) is 5.91 Å². The Hall–Kier alpha value is -2.17. The van der Waals surface area contributed by atoms with Crippen molar-refractivity contribution in [1.82, 2.24) is 15.1 Å². The zero-order chi connectivity index (χ0) is 18.6. The summed E-state index contributed by atoms with van der Waals surface area (Å²) in [6.07, 6.45) is 1.11. The average molecular weight is 345 g/mol. The fourth-order valence-electron chi connectivity index (χ4n) is 2.96. The second kappa shape index (κ2) is 8.28. The maximum Gasteiger partial charge on any atom is 0.220 e. The van der Waals surface area contributed by atoms with Gasteiger partial charge in [-0.3, -0.25) is 9.48 Å². The van der Waals surface area contributed by atoms with E-state index in [0.29, 0.717) is 30.9 Å². The summed E-state index contributed by atoms with van der Waals surface area (Å²) in [6, 6.07) is 4.90. The Morgan fingerprint density at radius 2 is 2.00 bits per heavy atom. The number of nitrogens with zero attached hydrogens (tertiary/aromatic N) is 2. The molecule has 0 bridgehead atoms. The zero-order valence-corrected chi connectivity index (χ0v) is 15.8. The van der Waals surface area contributed by atoms with E-state index in [9.17, 15) is 9.18 Å². The molecule has 0 saturated heterocycles. The van der Waals surface area contributed by atoms with Crippen molar-refractivity contribution in [3.63, 3.8) is 0 Å². The average Bonchev–Trinajstić information content (AvgIpc) is 2.80. The number of rotatable bonds is 7. The molecule has 0 saturated carbocycles. The van der Waals surface area contributed by atoms with Crippen molar-refractivity contribution in [2.75, 3.05) is 0 Å². The lowest BCUT2D eigenvalue weighted by atomic mass is 10.1.